The van der Waals surface area contributed by atoms with Crippen LogP contribution in [0.1, 0.15) is 23.6 Å². The normalized spacial score (nSPS) is 14.5. The topological polar surface area (TPSA) is 89.6 Å². The van der Waals surface area contributed by atoms with E-state index in [-0.39, 0.29) is 13.0 Å². The first-order valence-electron chi connectivity index (χ1n) is 6.90. The van der Waals surface area contributed by atoms with Crippen molar-refractivity contribution >= 4 is 10.1 Å². The number of nitrogens with two attached hydrogens (primary N) is 1. The van der Waals surface area contributed by atoms with Crippen LogP contribution in [0.2, 0.25) is 0 Å². The Labute approximate surface area is 130 Å². The summed E-state index contributed by atoms with van der Waals surface area (Å²) in [5.74, 6) is 0. The molecule has 2 atom stereocenters. The molecule has 6 heteroatoms. The average Bonchev–Trinajstić information content (AvgIpc) is 2.54. The highest BCUT2D eigenvalue weighted by molar-refractivity contribution is 7.87. The lowest BCUT2D eigenvalue weighted by Gasteiger charge is -2.17. The molecule has 0 saturated heterocycles. The maximum Gasteiger partial charge on any atom is 0.294 e. The van der Waals surface area contributed by atoms with E-state index in [2.05, 4.69) is 0 Å². The fraction of sp³-hybridized carbons (Fsp3) is 0.250. The zero-order valence-corrected chi connectivity index (χ0v) is 12.8. The molecular formula is C16H19NO4S. The molecule has 2 aromatic carbocycles. The summed E-state index contributed by atoms with van der Waals surface area (Å²) in [5.41, 5.74) is 5.74. The molecule has 5 nitrogen and oxygen atoms in total. The van der Waals surface area contributed by atoms with Crippen molar-refractivity contribution in [2.24, 2.45) is 5.73 Å². The molecule has 118 valence electrons. The van der Waals surface area contributed by atoms with E-state index in [1.54, 1.807) is 36.4 Å². The van der Waals surface area contributed by atoms with Crippen molar-refractivity contribution in [3.8, 4) is 0 Å². The SMILES string of the molecule is NC(CC(O)S(=O)(=O)OCc1ccccc1)c1ccccc1. The second-order valence-electron chi connectivity index (χ2n) is 4.95. The summed E-state index contributed by atoms with van der Waals surface area (Å²) in [7, 11) is -4.09. The number of hydrogen-bond acceptors (Lipinski definition) is 5. The molecule has 0 radical (unpaired) electrons. The van der Waals surface area contributed by atoms with Gasteiger partial charge in [-0.15, -0.1) is 0 Å². The molecular weight excluding hydrogens is 302 g/mol. The van der Waals surface area contributed by atoms with Crippen LogP contribution < -0.4 is 5.73 Å². The third kappa shape index (κ3) is 4.64. The highest BCUT2D eigenvalue weighted by Crippen LogP contribution is 2.19. The van der Waals surface area contributed by atoms with Gasteiger partial charge in [-0.3, -0.25) is 4.18 Å². The summed E-state index contributed by atoms with van der Waals surface area (Å²) in [5, 5.41) is 9.89. The second kappa shape index (κ2) is 7.51. The molecule has 2 unspecified atom stereocenters. The molecule has 0 heterocycles. The molecule has 22 heavy (non-hydrogen) atoms. The van der Waals surface area contributed by atoms with Gasteiger partial charge in [0.15, 0.2) is 5.44 Å². The van der Waals surface area contributed by atoms with Crippen LogP contribution in [0.25, 0.3) is 0 Å². The van der Waals surface area contributed by atoms with Crippen LogP contribution in [0.5, 0.6) is 0 Å². The standard InChI is InChI=1S/C16H19NO4S/c17-15(14-9-5-2-6-10-14)11-16(18)22(19,20)21-12-13-7-3-1-4-8-13/h1-10,15-16,18H,11-12,17H2. The molecule has 0 aliphatic rings. The van der Waals surface area contributed by atoms with E-state index >= 15 is 0 Å². The molecule has 0 saturated carbocycles. The highest BCUT2D eigenvalue weighted by Gasteiger charge is 2.26. The van der Waals surface area contributed by atoms with Crippen LogP contribution in [0.15, 0.2) is 60.7 Å². The fourth-order valence-corrected chi connectivity index (χ4v) is 2.87. The minimum Gasteiger partial charge on any atom is -0.375 e. The summed E-state index contributed by atoms with van der Waals surface area (Å²) < 4.78 is 28.8. The number of benzene rings is 2. The number of aliphatic hydroxyl groups is 1. The summed E-state index contributed by atoms with van der Waals surface area (Å²) in [6.45, 7) is -0.110. The van der Waals surface area contributed by atoms with E-state index in [9.17, 15) is 13.5 Å². The van der Waals surface area contributed by atoms with Crippen LogP contribution >= 0.6 is 0 Å². The summed E-state index contributed by atoms with van der Waals surface area (Å²) >= 11 is 0. The molecule has 0 spiro atoms. The van der Waals surface area contributed by atoms with Gasteiger partial charge in [0, 0.05) is 12.5 Å². The average molecular weight is 321 g/mol. The van der Waals surface area contributed by atoms with Crippen LogP contribution in [0.3, 0.4) is 0 Å². The van der Waals surface area contributed by atoms with Gasteiger partial charge in [0.2, 0.25) is 0 Å². The highest BCUT2D eigenvalue weighted by atomic mass is 32.2. The lowest BCUT2D eigenvalue weighted by atomic mass is 10.1. The van der Waals surface area contributed by atoms with Crippen molar-refractivity contribution < 1.29 is 17.7 Å². The Morgan fingerprint density at radius 2 is 1.55 bits per heavy atom. The predicted octanol–water partition coefficient (Wildman–Crippen LogP) is 1.94. The van der Waals surface area contributed by atoms with Crippen LogP contribution in [0.4, 0.5) is 0 Å². The van der Waals surface area contributed by atoms with Gasteiger partial charge in [-0.05, 0) is 11.1 Å². The third-order valence-corrected chi connectivity index (χ3v) is 4.55. The van der Waals surface area contributed by atoms with Crippen molar-refractivity contribution in [1.29, 1.82) is 0 Å². The first-order valence-corrected chi connectivity index (χ1v) is 8.37. The van der Waals surface area contributed by atoms with E-state index in [1.165, 1.54) is 0 Å². The first kappa shape index (κ1) is 16.6. The predicted molar refractivity (Wildman–Crippen MR) is 84.1 cm³/mol. The van der Waals surface area contributed by atoms with Crippen molar-refractivity contribution in [2.75, 3.05) is 0 Å². The van der Waals surface area contributed by atoms with Crippen molar-refractivity contribution in [3.63, 3.8) is 0 Å². The zero-order chi connectivity index (χ0) is 16.0. The molecule has 3 N–H and O–H groups in total. The van der Waals surface area contributed by atoms with E-state index in [0.29, 0.717) is 5.56 Å². The largest absolute Gasteiger partial charge is 0.375 e. The minimum absolute atomic E-state index is 0.110. The van der Waals surface area contributed by atoms with Gasteiger partial charge in [0.25, 0.3) is 10.1 Å². The fourth-order valence-electron chi connectivity index (χ4n) is 1.97. The summed E-state index contributed by atoms with van der Waals surface area (Å²) in [6.07, 6.45) is -0.124. The number of aliphatic hydroxyl groups excluding tert-OH is 1. The van der Waals surface area contributed by atoms with Crippen LogP contribution in [-0.2, 0) is 20.9 Å². The Kier molecular flexibility index (Phi) is 5.68. The lowest BCUT2D eigenvalue weighted by molar-refractivity contribution is 0.193. The van der Waals surface area contributed by atoms with Gasteiger partial charge in [0.1, 0.15) is 0 Å². The molecule has 2 aromatic rings. The monoisotopic (exact) mass is 321 g/mol. The van der Waals surface area contributed by atoms with Crippen molar-refractivity contribution in [2.45, 2.75) is 24.5 Å². The summed E-state index contributed by atoms with van der Waals surface area (Å²) in [4.78, 5) is 0. The molecule has 0 fully saturated rings. The van der Waals surface area contributed by atoms with Gasteiger partial charge in [-0.25, -0.2) is 0 Å². The molecule has 0 aromatic heterocycles. The Bertz CT molecular complexity index is 674. The van der Waals surface area contributed by atoms with E-state index in [1.807, 2.05) is 24.3 Å². The first-order chi connectivity index (χ1) is 10.5. The van der Waals surface area contributed by atoms with Gasteiger partial charge >= 0.3 is 0 Å². The lowest BCUT2D eigenvalue weighted by Crippen LogP contribution is -2.27. The number of rotatable bonds is 7. The molecule has 0 aliphatic carbocycles. The van der Waals surface area contributed by atoms with Gasteiger partial charge < -0.3 is 10.8 Å². The molecule has 0 aliphatic heterocycles. The Morgan fingerprint density at radius 1 is 1.00 bits per heavy atom. The number of hydrogen-bond donors (Lipinski definition) is 2. The third-order valence-electron chi connectivity index (χ3n) is 3.25. The Hall–Kier alpha value is -1.73. The van der Waals surface area contributed by atoms with E-state index in [4.69, 9.17) is 9.92 Å². The minimum atomic E-state index is -4.09. The van der Waals surface area contributed by atoms with Gasteiger partial charge in [0.05, 0.1) is 6.61 Å². The van der Waals surface area contributed by atoms with Gasteiger partial charge in [-0.1, -0.05) is 60.7 Å². The smallest absolute Gasteiger partial charge is 0.294 e. The Morgan fingerprint density at radius 3 is 2.14 bits per heavy atom. The van der Waals surface area contributed by atoms with Crippen molar-refractivity contribution in [1.82, 2.24) is 0 Å². The van der Waals surface area contributed by atoms with E-state index in [0.717, 1.165) is 5.56 Å². The maximum atomic E-state index is 11.9. The Balaban J connectivity index is 1.94. The molecule has 0 bridgehead atoms. The quantitative estimate of drug-likeness (QED) is 0.761. The zero-order valence-electron chi connectivity index (χ0n) is 12.0. The molecule has 2 rings (SSSR count). The summed E-state index contributed by atoms with van der Waals surface area (Å²) in [6, 6.07) is 17.3. The maximum absolute atomic E-state index is 11.9. The van der Waals surface area contributed by atoms with Crippen LogP contribution in [0, 0.1) is 0 Å². The molecule has 0 amide bonds. The van der Waals surface area contributed by atoms with Crippen LogP contribution in [-0.4, -0.2) is 19.0 Å². The van der Waals surface area contributed by atoms with Gasteiger partial charge in [-0.2, -0.15) is 8.42 Å². The van der Waals surface area contributed by atoms with E-state index < -0.39 is 21.6 Å². The van der Waals surface area contributed by atoms with Crippen molar-refractivity contribution in [3.05, 3.63) is 71.8 Å². The second-order valence-corrected chi connectivity index (χ2v) is 6.71.